The molecule has 1 amide bonds. The van der Waals surface area contributed by atoms with E-state index in [1.807, 2.05) is 56.7 Å². The summed E-state index contributed by atoms with van der Waals surface area (Å²) in [7, 11) is 0. The van der Waals surface area contributed by atoms with Gasteiger partial charge in [-0.2, -0.15) is 5.10 Å². The molecule has 4 rings (SSSR count). The Morgan fingerprint density at radius 2 is 2.07 bits per heavy atom. The number of nitrogens with zero attached hydrogens (tertiary/aromatic N) is 5. The zero-order valence-corrected chi connectivity index (χ0v) is 16.0. The first-order valence-electron chi connectivity index (χ1n) is 9.73. The normalized spacial score (nSPS) is 14.7. The number of fused-ring (bicyclic) bond motifs is 1. The number of amides is 1. The van der Waals surface area contributed by atoms with Crippen LogP contribution in [0.25, 0.3) is 0 Å². The molecule has 28 heavy (non-hydrogen) atoms. The maximum Gasteiger partial charge on any atom is 0.224 e. The van der Waals surface area contributed by atoms with E-state index in [1.54, 1.807) is 6.20 Å². The van der Waals surface area contributed by atoms with Crippen molar-refractivity contribution in [2.24, 2.45) is 0 Å². The van der Waals surface area contributed by atoms with Crippen LogP contribution in [0.2, 0.25) is 0 Å². The van der Waals surface area contributed by atoms with Gasteiger partial charge in [0.15, 0.2) is 0 Å². The molecule has 1 aliphatic rings. The quantitative estimate of drug-likeness (QED) is 0.712. The van der Waals surface area contributed by atoms with Crippen molar-refractivity contribution in [3.05, 3.63) is 71.6 Å². The molecule has 3 aromatic rings. The molecule has 0 bridgehead atoms. The molecule has 146 valence electrons. The predicted molar refractivity (Wildman–Crippen MR) is 104 cm³/mol. The Balaban J connectivity index is 1.40. The molecule has 7 nitrogen and oxygen atoms in total. The van der Waals surface area contributed by atoms with E-state index in [0.29, 0.717) is 38.3 Å². The number of carbonyl (C=O) groups excluding carboxylic acids is 1. The molecule has 1 atom stereocenters. The third-order valence-electron chi connectivity index (χ3n) is 5.25. The first kappa shape index (κ1) is 18.4. The fraction of sp³-hybridized carbons (Fsp3) is 0.381. The number of hydrogen-bond donors (Lipinski definition) is 1. The lowest BCUT2D eigenvalue weighted by molar-refractivity contribution is -0.132. The molecule has 3 heterocycles. The van der Waals surface area contributed by atoms with E-state index >= 15 is 0 Å². The maximum atomic E-state index is 12.7. The van der Waals surface area contributed by atoms with Gasteiger partial charge in [0.05, 0.1) is 24.5 Å². The van der Waals surface area contributed by atoms with E-state index in [1.165, 1.54) is 0 Å². The summed E-state index contributed by atoms with van der Waals surface area (Å²) < 4.78 is 3.94. The summed E-state index contributed by atoms with van der Waals surface area (Å²) in [6.07, 6.45) is 4.27. The van der Waals surface area contributed by atoms with Gasteiger partial charge in [-0.3, -0.25) is 9.48 Å². The fourth-order valence-corrected chi connectivity index (χ4v) is 3.67. The minimum absolute atomic E-state index is 0.133. The average Bonchev–Trinajstić information content (AvgIpc) is 3.37. The number of carbonyl (C=O) groups is 1. The van der Waals surface area contributed by atoms with E-state index < -0.39 is 6.10 Å². The summed E-state index contributed by atoms with van der Waals surface area (Å²) in [5, 5.41) is 15.1. The van der Waals surface area contributed by atoms with Gasteiger partial charge in [-0.15, -0.1) is 0 Å². The predicted octanol–water partition coefficient (Wildman–Crippen LogP) is 2.16. The highest BCUT2D eigenvalue weighted by Crippen LogP contribution is 2.23. The second-order valence-electron chi connectivity index (χ2n) is 7.05. The molecule has 1 aromatic carbocycles. The molecule has 0 spiro atoms. The summed E-state index contributed by atoms with van der Waals surface area (Å²) in [6.45, 7) is 4.52. The summed E-state index contributed by atoms with van der Waals surface area (Å²) >= 11 is 0. The fourth-order valence-electron chi connectivity index (χ4n) is 3.67. The highest BCUT2D eigenvalue weighted by atomic mass is 16.3. The standard InChI is InChI=1S/C21H25N5O2/c1-2-19-22-9-11-24(19)10-8-20(27)25-12-13-26-17(15-25)14-18(23-26)21(28)16-6-4-3-5-7-16/h3-7,9,11,14,21,28H,2,8,10,12-13,15H2,1H3. The summed E-state index contributed by atoms with van der Waals surface area (Å²) in [5.74, 6) is 1.14. The molecule has 1 aliphatic heterocycles. The van der Waals surface area contributed by atoms with Crippen LogP contribution in [0.3, 0.4) is 0 Å². The molecular weight excluding hydrogens is 354 g/mol. The van der Waals surface area contributed by atoms with Crippen LogP contribution in [0.15, 0.2) is 48.8 Å². The van der Waals surface area contributed by atoms with Gasteiger partial charge >= 0.3 is 0 Å². The van der Waals surface area contributed by atoms with Crippen molar-refractivity contribution in [1.29, 1.82) is 0 Å². The molecular formula is C21H25N5O2. The number of hydrogen-bond acceptors (Lipinski definition) is 4. The highest BCUT2D eigenvalue weighted by Gasteiger charge is 2.24. The van der Waals surface area contributed by atoms with Gasteiger partial charge in [-0.25, -0.2) is 4.98 Å². The zero-order chi connectivity index (χ0) is 19.5. The second kappa shape index (κ2) is 7.98. The number of rotatable bonds is 6. The maximum absolute atomic E-state index is 12.7. The lowest BCUT2D eigenvalue weighted by Gasteiger charge is -2.27. The van der Waals surface area contributed by atoms with Crippen LogP contribution in [0.4, 0.5) is 0 Å². The van der Waals surface area contributed by atoms with E-state index in [-0.39, 0.29) is 5.91 Å². The summed E-state index contributed by atoms with van der Waals surface area (Å²) in [5.41, 5.74) is 2.40. The van der Waals surface area contributed by atoms with E-state index in [0.717, 1.165) is 23.5 Å². The van der Waals surface area contributed by atoms with Gasteiger partial charge in [-0.1, -0.05) is 37.3 Å². The lowest BCUT2D eigenvalue weighted by atomic mass is 10.1. The number of aliphatic hydroxyl groups is 1. The number of imidazole rings is 1. The van der Waals surface area contributed by atoms with Gasteiger partial charge in [0, 0.05) is 38.3 Å². The first-order chi connectivity index (χ1) is 13.7. The van der Waals surface area contributed by atoms with Crippen molar-refractivity contribution < 1.29 is 9.90 Å². The Kier molecular flexibility index (Phi) is 5.25. The molecule has 7 heteroatoms. The topological polar surface area (TPSA) is 76.2 Å². The Hall–Kier alpha value is -2.93. The van der Waals surface area contributed by atoms with Crippen molar-refractivity contribution in [1.82, 2.24) is 24.2 Å². The van der Waals surface area contributed by atoms with Crippen LogP contribution in [0, 0.1) is 0 Å². The molecule has 0 radical (unpaired) electrons. The Bertz CT molecular complexity index is 947. The second-order valence-corrected chi connectivity index (χ2v) is 7.05. The van der Waals surface area contributed by atoms with E-state index in [9.17, 15) is 9.90 Å². The van der Waals surface area contributed by atoms with E-state index in [4.69, 9.17) is 0 Å². The monoisotopic (exact) mass is 379 g/mol. The van der Waals surface area contributed by atoms with Crippen molar-refractivity contribution >= 4 is 5.91 Å². The van der Waals surface area contributed by atoms with Gasteiger partial charge < -0.3 is 14.6 Å². The van der Waals surface area contributed by atoms with Gasteiger partial charge in [0.25, 0.3) is 0 Å². The van der Waals surface area contributed by atoms with Gasteiger partial charge in [0.2, 0.25) is 5.91 Å². The molecule has 2 aromatic heterocycles. The van der Waals surface area contributed by atoms with Crippen molar-refractivity contribution in [3.8, 4) is 0 Å². The minimum Gasteiger partial charge on any atom is -0.382 e. The largest absolute Gasteiger partial charge is 0.382 e. The van der Waals surface area contributed by atoms with Gasteiger partial charge in [0.1, 0.15) is 11.9 Å². The molecule has 1 N–H and O–H groups in total. The highest BCUT2D eigenvalue weighted by molar-refractivity contribution is 5.76. The SMILES string of the molecule is CCc1nccn1CCC(=O)N1CCn2nc(C(O)c3ccccc3)cc2C1. The molecule has 0 saturated carbocycles. The third kappa shape index (κ3) is 3.71. The van der Waals surface area contributed by atoms with Crippen molar-refractivity contribution in [2.45, 2.75) is 45.5 Å². The van der Waals surface area contributed by atoms with Crippen LogP contribution in [-0.2, 0) is 30.8 Å². The number of benzene rings is 1. The third-order valence-corrected chi connectivity index (χ3v) is 5.25. The summed E-state index contributed by atoms with van der Waals surface area (Å²) in [6, 6.07) is 11.4. The lowest BCUT2D eigenvalue weighted by Crippen LogP contribution is -2.38. The smallest absolute Gasteiger partial charge is 0.224 e. The van der Waals surface area contributed by atoms with Crippen molar-refractivity contribution in [2.75, 3.05) is 6.54 Å². The number of aromatic nitrogens is 4. The molecule has 0 aliphatic carbocycles. The van der Waals surface area contributed by atoms with Crippen LogP contribution < -0.4 is 0 Å². The molecule has 1 unspecified atom stereocenters. The van der Waals surface area contributed by atoms with Crippen LogP contribution in [0.1, 0.15) is 42.2 Å². The average molecular weight is 379 g/mol. The minimum atomic E-state index is -0.753. The van der Waals surface area contributed by atoms with Gasteiger partial charge in [-0.05, 0) is 11.6 Å². The Morgan fingerprint density at radius 3 is 2.86 bits per heavy atom. The van der Waals surface area contributed by atoms with Crippen LogP contribution >= 0.6 is 0 Å². The van der Waals surface area contributed by atoms with Crippen LogP contribution in [0.5, 0.6) is 0 Å². The zero-order valence-electron chi connectivity index (χ0n) is 16.0. The van der Waals surface area contributed by atoms with Crippen molar-refractivity contribution in [3.63, 3.8) is 0 Å². The number of aliphatic hydroxyl groups excluding tert-OH is 1. The summed E-state index contributed by atoms with van der Waals surface area (Å²) in [4.78, 5) is 18.9. The van der Waals surface area contributed by atoms with Crippen LogP contribution in [-0.4, -0.2) is 41.8 Å². The Morgan fingerprint density at radius 1 is 1.25 bits per heavy atom. The first-order valence-corrected chi connectivity index (χ1v) is 9.73. The number of aryl methyl sites for hydroxylation is 2. The van der Waals surface area contributed by atoms with E-state index in [2.05, 4.69) is 17.0 Å². The molecule has 0 saturated heterocycles. The molecule has 0 fully saturated rings. The Labute approximate surface area is 164 Å².